The second-order valence-electron chi connectivity index (χ2n) is 3.62. The zero-order valence-corrected chi connectivity index (χ0v) is 7.08. The fraction of sp³-hybridized carbons (Fsp3) is 0.750. The van der Waals surface area contributed by atoms with Crippen LogP contribution < -0.4 is 5.32 Å². The van der Waals surface area contributed by atoms with Gasteiger partial charge in [0.05, 0.1) is 0 Å². The molecule has 0 fully saturated rings. The van der Waals surface area contributed by atoms with Gasteiger partial charge in [-0.05, 0) is 40.8 Å². The quantitative estimate of drug-likeness (QED) is 0.570. The summed E-state index contributed by atoms with van der Waals surface area (Å²) in [5.41, 5.74) is 1.52. The highest BCUT2D eigenvalue weighted by atomic mass is 14.9. The molecule has 0 saturated carbocycles. The van der Waals surface area contributed by atoms with E-state index < -0.39 is 0 Å². The van der Waals surface area contributed by atoms with Crippen LogP contribution in [0.15, 0.2) is 11.8 Å². The number of hydrogen-bond acceptors (Lipinski definition) is 1. The molecule has 0 aliphatic rings. The third-order valence-corrected chi connectivity index (χ3v) is 0.794. The highest BCUT2D eigenvalue weighted by Crippen LogP contribution is 1.98. The van der Waals surface area contributed by atoms with E-state index in [4.69, 9.17) is 0 Å². The molecule has 0 unspecified atom stereocenters. The van der Waals surface area contributed by atoms with Gasteiger partial charge < -0.3 is 5.32 Å². The molecule has 1 nitrogen and oxygen atoms in total. The zero-order chi connectivity index (χ0) is 7.49. The Balaban J connectivity index is 3.64. The van der Waals surface area contributed by atoms with Crippen molar-refractivity contribution in [3.63, 3.8) is 0 Å². The molecule has 0 aromatic carbocycles. The first-order valence-electron chi connectivity index (χ1n) is 3.33. The molecule has 0 saturated heterocycles. The van der Waals surface area contributed by atoms with Crippen LogP contribution in [0.4, 0.5) is 0 Å². The van der Waals surface area contributed by atoms with Gasteiger partial charge in [0.2, 0.25) is 0 Å². The lowest BCUT2D eigenvalue weighted by Crippen LogP contribution is -2.31. The second kappa shape index (κ2) is 2.90. The molecular formula is C8H17N. The highest BCUT2D eigenvalue weighted by molar-refractivity contribution is 4.94. The van der Waals surface area contributed by atoms with E-state index in [0.29, 0.717) is 0 Å². The minimum Gasteiger partial charge on any atom is -0.386 e. The summed E-state index contributed by atoms with van der Waals surface area (Å²) in [5.74, 6) is 0. The van der Waals surface area contributed by atoms with Crippen molar-refractivity contribution in [3.05, 3.63) is 11.8 Å². The van der Waals surface area contributed by atoms with Gasteiger partial charge in [-0.2, -0.15) is 0 Å². The standard InChI is InChI=1S/C8H17N/c1-7(2)6-9-8(3,4)5/h6,9H,1-5H3. The summed E-state index contributed by atoms with van der Waals surface area (Å²) in [4.78, 5) is 0. The lowest BCUT2D eigenvalue weighted by atomic mass is 10.1. The van der Waals surface area contributed by atoms with Crippen molar-refractivity contribution in [2.75, 3.05) is 0 Å². The van der Waals surface area contributed by atoms with E-state index in [2.05, 4.69) is 39.9 Å². The van der Waals surface area contributed by atoms with Crippen LogP contribution in [0.5, 0.6) is 0 Å². The molecule has 54 valence electrons. The van der Waals surface area contributed by atoms with E-state index in [0.717, 1.165) is 0 Å². The molecule has 0 atom stereocenters. The summed E-state index contributed by atoms with van der Waals surface area (Å²) in [5, 5.41) is 3.26. The van der Waals surface area contributed by atoms with Crippen molar-refractivity contribution in [1.82, 2.24) is 5.32 Å². The van der Waals surface area contributed by atoms with Gasteiger partial charge in [-0.3, -0.25) is 0 Å². The van der Waals surface area contributed by atoms with Crippen LogP contribution in [0.25, 0.3) is 0 Å². The molecule has 0 aliphatic carbocycles. The van der Waals surface area contributed by atoms with Crippen LogP contribution in [0, 0.1) is 0 Å². The van der Waals surface area contributed by atoms with Gasteiger partial charge in [0.15, 0.2) is 0 Å². The molecule has 0 aromatic heterocycles. The SMILES string of the molecule is CC(C)=CNC(C)(C)C. The molecule has 0 bridgehead atoms. The van der Waals surface area contributed by atoms with E-state index in [-0.39, 0.29) is 5.54 Å². The molecule has 0 heterocycles. The van der Waals surface area contributed by atoms with Crippen molar-refractivity contribution in [1.29, 1.82) is 0 Å². The smallest absolute Gasteiger partial charge is 0.0283 e. The lowest BCUT2D eigenvalue weighted by Gasteiger charge is -2.18. The minimum absolute atomic E-state index is 0.206. The summed E-state index contributed by atoms with van der Waals surface area (Å²) in [6.45, 7) is 10.6. The normalized spacial score (nSPS) is 10.8. The average Bonchev–Trinajstić information content (AvgIpc) is 1.59. The summed E-state index contributed by atoms with van der Waals surface area (Å²) in [7, 11) is 0. The fourth-order valence-electron chi connectivity index (χ4n) is 0.361. The molecule has 0 spiro atoms. The van der Waals surface area contributed by atoms with Gasteiger partial charge in [0, 0.05) is 5.54 Å². The van der Waals surface area contributed by atoms with Crippen molar-refractivity contribution >= 4 is 0 Å². The largest absolute Gasteiger partial charge is 0.386 e. The maximum absolute atomic E-state index is 3.26. The Hall–Kier alpha value is -0.460. The minimum atomic E-state index is 0.206. The van der Waals surface area contributed by atoms with Gasteiger partial charge in [-0.1, -0.05) is 5.57 Å². The predicted molar refractivity (Wildman–Crippen MR) is 42.3 cm³/mol. The van der Waals surface area contributed by atoms with E-state index in [9.17, 15) is 0 Å². The maximum Gasteiger partial charge on any atom is 0.0283 e. The van der Waals surface area contributed by atoms with Gasteiger partial charge >= 0.3 is 0 Å². The van der Waals surface area contributed by atoms with Gasteiger partial charge in [0.1, 0.15) is 0 Å². The fourth-order valence-corrected chi connectivity index (χ4v) is 0.361. The van der Waals surface area contributed by atoms with Gasteiger partial charge in [-0.15, -0.1) is 0 Å². The monoisotopic (exact) mass is 127 g/mol. The Morgan fingerprint density at radius 1 is 1.22 bits per heavy atom. The summed E-state index contributed by atoms with van der Waals surface area (Å²) in [6, 6.07) is 0. The molecule has 1 N–H and O–H groups in total. The third-order valence-electron chi connectivity index (χ3n) is 0.794. The van der Waals surface area contributed by atoms with E-state index in [1.807, 2.05) is 6.20 Å². The average molecular weight is 127 g/mol. The Labute approximate surface area is 58.2 Å². The Kier molecular flexibility index (Phi) is 2.75. The second-order valence-corrected chi connectivity index (χ2v) is 3.62. The maximum atomic E-state index is 3.26. The third kappa shape index (κ3) is 7.54. The first-order valence-corrected chi connectivity index (χ1v) is 3.33. The van der Waals surface area contributed by atoms with E-state index in [1.165, 1.54) is 5.57 Å². The van der Waals surface area contributed by atoms with Crippen molar-refractivity contribution < 1.29 is 0 Å². The first-order chi connectivity index (χ1) is 3.92. The van der Waals surface area contributed by atoms with E-state index in [1.54, 1.807) is 0 Å². The molecule has 1 heteroatoms. The molecule has 0 aliphatic heterocycles. The predicted octanol–water partition coefficient (Wildman–Crippen LogP) is 2.30. The summed E-state index contributed by atoms with van der Waals surface area (Å²) < 4.78 is 0. The number of hydrogen-bond donors (Lipinski definition) is 1. The first kappa shape index (κ1) is 8.54. The van der Waals surface area contributed by atoms with Crippen LogP contribution in [0.2, 0.25) is 0 Å². The zero-order valence-electron chi connectivity index (χ0n) is 7.08. The summed E-state index contributed by atoms with van der Waals surface area (Å²) in [6.07, 6.45) is 2.04. The molecule has 0 aromatic rings. The van der Waals surface area contributed by atoms with Crippen LogP contribution in [0.3, 0.4) is 0 Å². The lowest BCUT2D eigenvalue weighted by molar-refractivity contribution is 0.489. The van der Waals surface area contributed by atoms with Crippen LogP contribution in [0.1, 0.15) is 34.6 Å². The van der Waals surface area contributed by atoms with Crippen molar-refractivity contribution in [2.45, 2.75) is 40.2 Å². The number of allylic oxidation sites excluding steroid dienone is 1. The highest BCUT2D eigenvalue weighted by Gasteiger charge is 2.04. The molecule has 0 amide bonds. The summed E-state index contributed by atoms with van der Waals surface area (Å²) >= 11 is 0. The molecule has 9 heavy (non-hydrogen) atoms. The van der Waals surface area contributed by atoms with Crippen LogP contribution in [-0.4, -0.2) is 5.54 Å². The topological polar surface area (TPSA) is 12.0 Å². The van der Waals surface area contributed by atoms with Crippen LogP contribution >= 0.6 is 0 Å². The molecule has 0 rings (SSSR count). The molecule has 0 radical (unpaired) electrons. The van der Waals surface area contributed by atoms with Gasteiger partial charge in [-0.25, -0.2) is 0 Å². The van der Waals surface area contributed by atoms with Gasteiger partial charge in [0.25, 0.3) is 0 Å². The van der Waals surface area contributed by atoms with E-state index >= 15 is 0 Å². The Morgan fingerprint density at radius 2 is 1.67 bits per heavy atom. The van der Waals surface area contributed by atoms with Crippen LogP contribution in [-0.2, 0) is 0 Å². The van der Waals surface area contributed by atoms with Crippen molar-refractivity contribution in [2.24, 2.45) is 0 Å². The Morgan fingerprint density at radius 3 is 1.78 bits per heavy atom. The Bertz CT molecular complexity index is 102. The van der Waals surface area contributed by atoms with Crippen molar-refractivity contribution in [3.8, 4) is 0 Å². The number of nitrogens with one attached hydrogen (secondary N) is 1. The number of rotatable bonds is 1. The molecular weight excluding hydrogens is 110 g/mol.